The minimum Gasteiger partial charge on any atom is -0.379 e. The third-order valence-corrected chi connectivity index (χ3v) is 4.33. The summed E-state index contributed by atoms with van der Waals surface area (Å²) >= 11 is 0. The van der Waals surface area contributed by atoms with Crippen LogP contribution in [-0.4, -0.2) is 55.7 Å². The number of nitrogens with two attached hydrogens (primary N) is 1. The summed E-state index contributed by atoms with van der Waals surface area (Å²) < 4.78 is 5.34. The van der Waals surface area contributed by atoms with Gasteiger partial charge in [0.15, 0.2) is 0 Å². The van der Waals surface area contributed by atoms with E-state index in [2.05, 4.69) is 17.1 Å². The fourth-order valence-electron chi connectivity index (χ4n) is 3.01. The van der Waals surface area contributed by atoms with Crippen molar-refractivity contribution in [1.29, 1.82) is 0 Å². The van der Waals surface area contributed by atoms with Gasteiger partial charge in [0.25, 0.3) is 0 Å². The third kappa shape index (κ3) is 6.70. The molecule has 126 valence electrons. The second-order valence-electron chi connectivity index (χ2n) is 5.87. The van der Waals surface area contributed by atoms with Crippen molar-refractivity contribution in [1.82, 2.24) is 10.2 Å². The second kappa shape index (κ2) is 10.6. The van der Waals surface area contributed by atoms with Gasteiger partial charge in [0, 0.05) is 37.6 Å². The van der Waals surface area contributed by atoms with Gasteiger partial charge in [0.2, 0.25) is 5.91 Å². The Labute approximate surface area is 140 Å². The Morgan fingerprint density at radius 3 is 2.62 bits per heavy atom. The largest absolute Gasteiger partial charge is 0.379 e. The maximum absolute atomic E-state index is 12.1. The van der Waals surface area contributed by atoms with E-state index in [9.17, 15) is 4.79 Å². The van der Waals surface area contributed by atoms with Gasteiger partial charge < -0.3 is 15.8 Å². The van der Waals surface area contributed by atoms with E-state index in [1.807, 2.05) is 0 Å². The first kappa shape index (κ1) is 20.9. The van der Waals surface area contributed by atoms with Gasteiger partial charge in [-0.3, -0.25) is 9.69 Å². The van der Waals surface area contributed by atoms with Crippen molar-refractivity contribution in [2.75, 3.05) is 32.8 Å². The van der Waals surface area contributed by atoms with Crippen LogP contribution < -0.4 is 11.1 Å². The predicted octanol–water partition coefficient (Wildman–Crippen LogP) is 1.18. The molecule has 0 aromatic rings. The van der Waals surface area contributed by atoms with Crippen LogP contribution in [-0.2, 0) is 9.53 Å². The van der Waals surface area contributed by atoms with Crippen molar-refractivity contribution in [3.05, 3.63) is 0 Å². The Morgan fingerprint density at radius 2 is 2.00 bits per heavy atom. The molecule has 0 aromatic heterocycles. The van der Waals surface area contributed by atoms with Crippen LogP contribution in [0.3, 0.4) is 0 Å². The first-order chi connectivity index (χ1) is 9.16. The molecule has 1 heterocycles. The summed E-state index contributed by atoms with van der Waals surface area (Å²) in [7, 11) is 0. The first-order valence-corrected chi connectivity index (χ1v) is 7.52. The van der Waals surface area contributed by atoms with Gasteiger partial charge in [0.1, 0.15) is 0 Å². The maximum atomic E-state index is 12.1. The molecule has 3 N–H and O–H groups in total. The van der Waals surface area contributed by atoms with Gasteiger partial charge in [-0.1, -0.05) is 6.42 Å². The lowest BCUT2D eigenvalue weighted by atomic mass is 9.85. The zero-order valence-corrected chi connectivity index (χ0v) is 14.4. The van der Waals surface area contributed by atoms with E-state index in [0.29, 0.717) is 6.04 Å². The summed E-state index contributed by atoms with van der Waals surface area (Å²) in [4.78, 5) is 14.5. The number of hydrogen-bond donors (Lipinski definition) is 2. The van der Waals surface area contributed by atoms with E-state index < -0.39 is 0 Å². The number of morpholine rings is 1. The molecule has 7 heteroatoms. The molecule has 1 aliphatic heterocycles. The van der Waals surface area contributed by atoms with Crippen LogP contribution in [0.15, 0.2) is 0 Å². The van der Waals surface area contributed by atoms with E-state index >= 15 is 0 Å². The topological polar surface area (TPSA) is 67.6 Å². The summed E-state index contributed by atoms with van der Waals surface area (Å²) in [6.07, 6.45) is 3.98. The molecular weight excluding hydrogens is 313 g/mol. The number of amides is 1. The lowest BCUT2D eigenvalue weighted by molar-refractivity contribution is -0.126. The molecule has 21 heavy (non-hydrogen) atoms. The molecule has 5 nitrogen and oxygen atoms in total. The van der Waals surface area contributed by atoms with Crippen LogP contribution in [0.2, 0.25) is 0 Å². The number of nitrogens with one attached hydrogen (secondary N) is 1. The highest BCUT2D eigenvalue weighted by Crippen LogP contribution is 2.23. The van der Waals surface area contributed by atoms with Gasteiger partial charge in [-0.25, -0.2) is 0 Å². The van der Waals surface area contributed by atoms with E-state index in [1.54, 1.807) is 0 Å². The average Bonchev–Trinajstić information content (AvgIpc) is 2.45. The highest BCUT2D eigenvalue weighted by molar-refractivity contribution is 5.85. The van der Waals surface area contributed by atoms with Crippen LogP contribution in [0.5, 0.6) is 0 Å². The summed E-state index contributed by atoms with van der Waals surface area (Å²) in [5.74, 6) is 0.316. The molecule has 2 rings (SSSR count). The van der Waals surface area contributed by atoms with Gasteiger partial charge in [0.05, 0.1) is 13.2 Å². The summed E-state index contributed by atoms with van der Waals surface area (Å²) in [5.41, 5.74) is 5.93. The number of ether oxygens (including phenoxy) is 1. The molecule has 1 amide bonds. The average molecular weight is 342 g/mol. The molecule has 0 spiro atoms. The SMILES string of the molecule is CC(CNC(=O)C1CCCC(N)C1)N1CCOCC1.Cl.Cl. The Hall–Kier alpha value is -0.0700. The lowest BCUT2D eigenvalue weighted by Crippen LogP contribution is -2.48. The zero-order valence-electron chi connectivity index (χ0n) is 12.8. The van der Waals surface area contributed by atoms with Crippen LogP contribution in [0.4, 0.5) is 0 Å². The minimum atomic E-state index is 0. The number of rotatable bonds is 4. The Kier molecular flexibility index (Phi) is 10.6. The fourth-order valence-corrected chi connectivity index (χ4v) is 3.01. The standard InChI is InChI=1S/C14H27N3O2.2ClH/c1-11(17-5-7-19-8-6-17)10-16-14(18)12-3-2-4-13(15)9-12;;/h11-13H,2-10,15H2,1H3,(H,16,18);2*1H. The lowest BCUT2D eigenvalue weighted by Gasteiger charge is -2.33. The first-order valence-electron chi connectivity index (χ1n) is 7.52. The van der Waals surface area contributed by atoms with Crippen LogP contribution in [0, 0.1) is 5.92 Å². The Balaban J connectivity index is 0.00000200. The van der Waals surface area contributed by atoms with Crippen molar-refractivity contribution in [2.45, 2.75) is 44.7 Å². The van der Waals surface area contributed by atoms with Crippen LogP contribution in [0.1, 0.15) is 32.6 Å². The molecule has 0 bridgehead atoms. The zero-order chi connectivity index (χ0) is 13.7. The summed E-state index contributed by atoms with van der Waals surface area (Å²) in [5, 5.41) is 3.09. The number of nitrogens with zero attached hydrogens (tertiary/aromatic N) is 1. The fraction of sp³-hybridized carbons (Fsp3) is 0.929. The molecule has 0 radical (unpaired) electrons. The number of halogens is 2. The monoisotopic (exact) mass is 341 g/mol. The third-order valence-electron chi connectivity index (χ3n) is 4.33. The number of carbonyl (C=O) groups is 1. The highest BCUT2D eigenvalue weighted by atomic mass is 35.5. The summed E-state index contributed by atoms with van der Waals surface area (Å²) in [6, 6.07) is 0.589. The Morgan fingerprint density at radius 1 is 1.33 bits per heavy atom. The smallest absolute Gasteiger partial charge is 0.223 e. The molecule has 3 unspecified atom stereocenters. The van der Waals surface area contributed by atoms with Gasteiger partial charge in [-0.2, -0.15) is 0 Å². The van der Waals surface area contributed by atoms with E-state index in [0.717, 1.165) is 58.5 Å². The molecule has 2 fully saturated rings. The molecule has 1 saturated heterocycles. The van der Waals surface area contributed by atoms with Crippen molar-refractivity contribution in [2.24, 2.45) is 11.7 Å². The molecule has 1 saturated carbocycles. The normalized spacial score (nSPS) is 27.9. The van der Waals surface area contributed by atoms with E-state index in [-0.39, 0.29) is 42.7 Å². The molecule has 3 atom stereocenters. The van der Waals surface area contributed by atoms with Gasteiger partial charge in [-0.15, -0.1) is 24.8 Å². The van der Waals surface area contributed by atoms with Crippen molar-refractivity contribution < 1.29 is 9.53 Å². The van der Waals surface area contributed by atoms with Crippen molar-refractivity contribution in [3.8, 4) is 0 Å². The second-order valence-corrected chi connectivity index (χ2v) is 5.87. The molecule has 0 aromatic carbocycles. The van der Waals surface area contributed by atoms with Crippen LogP contribution in [0.25, 0.3) is 0 Å². The Bertz CT molecular complexity index is 302. The minimum absolute atomic E-state index is 0. The molecule has 2 aliphatic rings. The van der Waals surface area contributed by atoms with Gasteiger partial charge >= 0.3 is 0 Å². The highest BCUT2D eigenvalue weighted by Gasteiger charge is 2.26. The quantitative estimate of drug-likeness (QED) is 0.805. The van der Waals surface area contributed by atoms with Crippen molar-refractivity contribution >= 4 is 30.7 Å². The number of hydrogen-bond acceptors (Lipinski definition) is 4. The molecular formula is C14H29Cl2N3O2. The number of carbonyl (C=O) groups excluding carboxylic acids is 1. The van der Waals surface area contributed by atoms with Gasteiger partial charge in [-0.05, 0) is 26.2 Å². The molecule has 1 aliphatic carbocycles. The van der Waals surface area contributed by atoms with Crippen molar-refractivity contribution in [3.63, 3.8) is 0 Å². The summed E-state index contributed by atoms with van der Waals surface area (Å²) in [6.45, 7) is 6.42. The van der Waals surface area contributed by atoms with E-state index in [1.165, 1.54) is 0 Å². The predicted molar refractivity (Wildman–Crippen MR) is 89.3 cm³/mol. The van der Waals surface area contributed by atoms with Crippen LogP contribution >= 0.6 is 24.8 Å². The maximum Gasteiger partial charge on any atom is 0.223 e. The van der Waals surface area contributed by atoms with E-state index in [4.69, 9.17) is 10.5 Å².